The normalized spacial score (nSPS) is 22.6. The Hall–Kier alpha value is -3.54. The lowest BCUT2D eigenvalue weighted by molar-refractivity contribution is -0.153. The number of carboxylic acid groups (broad SMARTS) is 1. The van der Waals surface area contributed by atoms with Crippen molar-refractivity contribution in [2.24, 2.45) is 11.3 Å². The van der Waals surface area contributed by atoms with Crippen molar-refractivity contribution >= 4 is 39.8 Å². The van der Waals surface area contributed by atoms with Gasteiger partial charge in [0.2, 0.25) is 5.95 Å². The van der Waals surface area contributed by atoms with E-state index in [0.717, 1.165) is 51.5 Å². The average Bonchev–Trinajstić information content (AvgIpc) is 3.50. The Kier molecular flexibility index (Phi) is 5.93. The van der Waals surface area contributed by atoms with Crippen LogP contribution >= 0.6 is 11.3 Å². The fourth-order valence-electron chi connectivity index (χ4n) is 4.70. The minimum Gasteiger partial charge on any atom is -0.481 e. The molecule has 1 aliphatic carbocycles. The van der Waals surface area contributed by atoms with E-state index in [2.05, 4.69) is 30.5 Å². The number of halogens is 3. The number of hydrogen-bond donors (Lipinski definition) is 3. The first-order chi connectivity index (χ1) is 17.0. The second kappa shape index (κ2) is 8.84. The zero-order valence-electron chi connectivity index (χ0n) is 19.4. The molecule has 0 bridgehead atoms. The number of benzene rings is 1. The van der Waals surface area contributed by atoms with Gasteiger partial charge in [-0.15, -0.1) is 11.3 Å². The number of carbonyl (C=O) groups is 1. The van der Waals surface area contributed by atoms with Gasteiger partial charge in [-0.25, -0.2) is 15.0 Å². The quantitative estimate of drug-likeness (QED) is 0.288. The molecule has 1 fully saturated rings. The fourth-order valence-corrected chi connectivity index (χ4v) is 5.79. The summed E-state index contributed by atoms with van der Waals surface area (Å²) in [5.41, 5.74) is 0.317. The van der Waals surface area contributed by atoms with Crippen LogP contribution in [0.3, 0.4) is 0 Å². The third-order valence-corrected chi connectivity index (χ3v) is 8.31. The van der Waals surface area contributed by atoms with E-state index in [1.165, 1.54) is 11.3 Å². The van der Waals surface area contributed by atoms with Crippen LogP contribution in [0.15, 0.2) is 36.8 Å². The molecular formula is C24H23F3N6O2S. The van der Waals surface area contributed by atoms with Crippen LogP contribution < -0.4 is 5.32 Å². The second-order valence-corrected chi connectivity index (χ2v) is 10.5. The number of nitrogens with zero attached hydrogens (tertiary/aromatic N) is 4. The Balaban J connectivity index is 1.44. The highest BCUT2D eigenvalue weighted by Gasteiger charge is 2.44. The van der Waals surface area contributed by atoms with Gasteiger partial charge in [0.25, 0.3) is 0 Å². The highest BCUT2D eigenvalue weighted by Crippen LogP contribution is 2.48. The molecule has 1 saturated carbocycles. The molecule has 0 saturated heterocycles. The summed E-state index contributed by atoms with van der Waals surface area (Å²) in [4.78, 5) is 24.8. The number of carboxylic acids is 1. The van der Waals surface area contributed by atoms with E-state index in [0.29, 0.717) is 12.1 Å². The molecule has 5 rings (SSSR count). The molecule has 0 amide bonds. The first-order valence-corrected chi connectivity index (χ1v) is 12.2. The Morgan fingerprint density at radius 3 is 2.81 bits per heavy atom. The lowest BCUT2D eigenvalue weighted by Gasteiger charge is -2.39. The van der Waals surface area contributed by atoms with Crippen LogP contribution in [0.2, 0.25) is 0 Å². The summed E-state index contributed by atoms with van der Waals surface area (Å²) in [6, 6.07) is 4.37. The molecule has 3 aromatic heterocycles. The maximum absolute atomic E-state index is 13.1. The van der Waals surface area contributed by atoms with Crippen molar-refractivity contribution in [2.45, 2.75) is 45.2 Å². The van der Waals surface area contributed by atoms with Crippen molar-refractivity contribution in [1.29, 1.82) is 0 Å². The van der Waals surface area contributed by atoms with Crippen molar-refractivity contribution < 1.29 is 23.1 Å². The molecular weight excluding hydrogens is 493 g/mol. The molecule has 4 aromatic rings. The largest absolute Gasteiger partial charge is 0.481 e. The Labute approximate surface area is 208 Å². The van der Waals surface area contributed by atoms with Crippen molar-refractivity contribution in [3.8, 4) is 10.4 Å². The van der Waals surface area contributed by atoms with Gasteiger partial charge in [0, 0.05) is 34.9 Å². The monoisotopic (exact) mass is 516 g/mol. The molecule has 0 spiro atoms. The predicted molar refractivity (Wildman–Crippen MR) is 129 cm³/mol. The van der Waals surface area contributed by atoms with Gasteiger partial charge in [0.15, 0.2) is 0 Å². The SMILES string of the molecule is CC1CC(c2ncc(-c3cc(Nc4nccc(C(F)(F)F)n4)cc4cn[nH]c34)s2)CCC1(C)C(=O)O. The lowest BCUT2D eigenvalue weighted by Crippen LogP contribution is -2.38. The number of H-pyrrole nitrogens is 1. The summed E-state index contributed by atoms with van der Waals surface area (Å²) in [5.74, 6) is -0.742. The summed E-state index contributed by atoms with van der Waals surface area (Å²) in [5, 5.41) is 21.3. The fraction of sp³-hybridized carbons (Fsp3) is 0.375. The minimum atomic E-state index is -4.57. The van der Waals surface area contributed by atoms with Crippen molar-refractivity contribution in [2.75, 3.05) is 5.32 Å². The van der Waals surface area contributed by atoms with Gasteiger partial charge >= 0.3 is 12.1 Å². The minimum absolute atomic E-state index is 0.0143. The van der Waals surface area contributed by atoms with Gasteiger partial charge in [-0.3, -0.25) is 9.89 Å². The van der Waals surface area contributed by atoms with Crippen LogP contribution in [0.4, 0.5) is 24.8 Å². The van der Waals surface area contributed by atoms with Crippen molar-refractivity contribution in [1.82, 2.24) is 25.1 Å². The molecule has 8 nitrogen and oxygen atoms in total. The molecule has 0 aliphatic heterocycles. The molecule has 0 radical (unpaired) electrons. The number of nitrogens with one attached hydrogen (secondary N) is 2. The second-order valence-electron chi connectivity index (χ2n) is 9.40. The zero-order valence-corrected chi connectivity index (χ0v) is 20.2. The first kappa shape index (κ1) is 24.2. The molecule has 188 valence electrons. The van der Waals surface area contributed by atoms with Gasteiger partial charge in [-0.1, -0.05) is 6.92 Å². The van der Waals surface area contributed by atoms with Gasteiger partial charge in [-0.05, 0) is 50.3 Å². The van der Waals surface area contributed by atoms with Gasteiger partial charge in [0.1, 0.15) is 5.69 Å². The van der Waals surface area contributed by atoms with Crippen LogP contribution in [-0.4, -0.2) is 36.2 Å². The average molecular weight is 517 g/mol. The molecule has 3 unspecified atom stereocenters. The van der Waals surface area contributed by atoms with E-state index in [1.54, 1.807) is 24.5 Å². The molecule has 36 heavy (non-hydrogen) atoms. The number of alkyl halides is 3. The van der Waals surface area contributed by atoms with Crippen molar-refractivity contribution in [3.05, 3.63) is 47.5 Å². The number of anilines is 2. The number of rotatable bonds is 5. The summed E-state index contributed by atoms with van der Waals surface area (Å²) in [6.45, 7) is 3.79. The summed E-state index contributed by atoms with van der Waals surface area (Å²) in [6.07, 6.45) is 1.97. The topological polar surface area (TPSA) is 117 Å². The van der Waals surface area contributed by atoms with Crippen LogP contribution in [0, 0.1) is 11.3 Å². The smallest absolute Gasteiger partial charge is 0.433 e. The summed E-state index contributed by atoms with van der Waals surface area (Å²) < 4.78 is 39.2. The third-order valence-electron chi connectivity index (χ3n) is 7.12. The van der Waals surface area contributed by atoms with Gasteiger partial charge < -0.3 is 10.4 Å². The van der Waals surface area contributed by atoms with E-state index < -0.39 is 23.3 Å². The van der Waals surface area contributed by atoms with Crippen molar-refractivity contribution in [3.63, 3.8) is 0 Å². The van der Waals surface area contributed by atoms with E-state index in [4.69, 9.17) is 0 Å². The summed E-state index contributed by atoms with van der Waals surface area (Å²) in [7, 11) is 0. The molecule has 12 heteroatoms. The number of thiazole rings is 1. The number of fused-ring (bicyclic) bond motifs is 1. The number of hydrogen-bond acceptors (Lipinski definition) is 7. The highest BCUT2D eigenvalue weighted by atomic mass is 32.1. The molecule has 3 N–H and O–H groups in total. The highest BCUT2D eigenvalue weighted by molar-refractivity contribution is 7.15. The summed E-state index contributed by atoms with van der Waals surface area (Å²) >= 11 is 1.53. The molecule has 3 atom stereocenters. The van der Waals surface area contributed by atoms with Gasteiger partial charge in [-0.2, -0.15) is 18.3 Å². The molecule has 3 heterocycles. The standard InChI is InChI=1S/C24H23F3N6O2S/c1-12-7-13(3-5-23(12,2)21(34)35)20-29-11-17(36-20)16-9-15(8-14-10-30-33-19(14)16)31-22-28-6-4-18(32-22)24(25,26)27/h4,6,8-13H,3,5,7H2,1-2H3,(H,30,33)(H,34,35)(H,28,31,32). The van der Waals surface area contributed by atoms with E-state index in [1.807, 2.05) is 13.8 Å². The number of aromatic amines is 1. The van der Waals surface area contributed by atoms with Gasteiger partial charge in [0.05, 0.1) is 27.0 Å². The maximum Gasteiger partial charge on any atom is 0.433 e. The predicted octanol–water partition coefficient (Wildman–Crippen LogP) is 6.23. The molecule has 1 aliphatic rings. The lowest BCUT2D eigenvalue weighted by atomic mass is 9.65. The first-order valence-electron chi connectivity index (χ1n) is 11.4. The van der Waals surface area contributed by atoms with Crippen LogP contribution in [0.1, 0.15) is 49.7 Å². The molecule has 1 aromatic carbocycles. The van der Waals surface area contributed by atoms with Crippen LogP contribution in [-0.2, 0) is 11.0 Å². The number of aliphatic carboxylic acids is 1. The number of aromatic nitrogens is 5. The zero-order chi connectivity index (χ0) is 25.7. The Morgan fingerprint density at radius 1 is 1.28 bits per heavy atom. The Bertz CT molecular complexity index is 1430. The van der Waals surface area contributed by atoms with E-state index in [9.17, 15) is 23.1 Å². The van der Waals surface area contributed by atoms with Crippen LogP contribution in [0.25, 0.3) is 21.3 Å². The third kappa shape index (κ3) is 4.41. The Morgan fingerprint density at radius 2 is 2.08 bits per heavy atom. The van der Waals surface area contributed by atoms with E-state index >= 15 is 0 Å². The van der Waals surface area contributed by atoms with Crippen LogP contribution in [0.5, 0.6) is 0 Å². The maximum atomic E-state index is 13.1. The van der Waals surface area contributed by atoms with E-state index in [-0.39, 0.29) is 17.8 Å².